The standard InChI is InChI=1S/C20H20ClNO5/c1-11-7-13-15(10-27-11)18(23)14(9-16(13)21)19(24)22-17(20(25)26)8-12-5-3-2-4-6-12/h2-6,9,11,17,23H,7-8,10H2,1H3,(H,22,24)(H,25,26)/t11-,17+/m1/s1. The number of nitrogens with one attached hydrogen (secondary N) is 1. The largest absolute Gasteiger partial charge is 0.507 e. The number of benzene rings is 2. The van der Waals surface area contributed by atoms with Gasteiger partial charge in [-0.2, -0.15) is 0 Å². The molecule has 3 N–H and O–H groups in total. The van der Waals surface area contributed by atoms with E-state index in [9.17, 15) is 19.8 Å². The van der Waals surface area contributed by atoms with Crippen molar-refractivity contribution < 1.29 is 24.5 Å². The number of phenolic OH excluding ortho intramolecular Hbond substituents is 1. The third-order valence-electron chi connectivity index (χ3n) is 4.60. The number of carboxylic acid groups (broad SMARTS) is 1. The second-order valence-corrected chi connectivity index (χ2v) is 7.00. The van der Waals surface area contributed by atoms with Gasteiger partial charge in [0.05, 0.1) is 18.3 Å². The summed E-state index contributed by atoms with van der Waals surface area (Å²) in [5, 5.41) is 22.8. The Morgan fingerprint density at radius 2 is 2.00 bits per heavy atom. The molecule has 2 aromatic rings. The van der Waals surface area contributed by atoms with Gasteiger partial charge in [0.15, 0.2) is 0 Å². The number of phenols is 1. The SMILES string of the molecule is C[C@@H]1Cc2c(Cl)cc(C(=O)N[C@@H](Cc3ccccc3)C(=O)O)c(O)c2CO1. The zero-order valence-corrected chi connectivity index (χ0v) is 15.5. The number of aliphatic carboxylic acids is 1. The number of fused-ring (bicyclic) bond motifs is 1. The Hall–Kier alpha value is -2.57. The molecule has 1 amide bonds. The van der Waals surface area contributed by atoms with Crippen LogP contribution in [0.15, 0.2) is 36.4 Å². The summed E-state index contributed by atoms with van der Waals surface area (Å²) in [6.07, 6.45) is 0.633. The monoisotopic (exact) mass is 389 g/mol. The molecule has 2 atom stereocenters. The van der Waals surface area contributed by atoms with E-state index in [0.717, 1.165) is 11.1 Å². The van der Waals surface area contributed by atoms with Gasteiger partial charge in [-0.15, -0.1) is 0 Å². The van der Waals surface area contributed by atoms with Crippen molar-refractivity contribution in [1.82, 2.24) is 5.32 Å². The van der Waals surface area contributed by atoms with Crippen LogP contribution in [0.1, 0.15) is 34.0 Å². The minimum Gasteiger partial charge on any atom is -0.507 e. The van der Waals surface area contributed by atoms with Gasteiger partial charge in [-0.3, -0.25) is 4.79 Å². The molecular formula is C20H20ClNO5. The molecule has 1 heterocycles. The first kappa shape index (κ1) is 19.2. The van der Waals surface area contributed by atoms with Crippen LogP contribution in [0, 0.1) is 0 Å². The number of amides is 1. The number of hydrogen-bond donors (Lipinski definition) is 3. The highest BCUT2D eigenvalue weighted by molar-refractivity contribution is 6.32. The molecule has 0 unspecified atom stereocenters. The molecule has 7 heteroatoms. The summed E-state index contributed by atoms with van der Waals surface area (Å²) in [6, 6.07) is 9.24. The highest BCUT2D eigenvalue weighted by atomic mass is 35.5. The summed E-state index contributed by atoms with van der Waals surface area (Å²) in [7, 11) is 0. The minimum atomic E-state index is -1.16. The number of halogens is 1. The highest BCUT2D eigenvalue weighted by Crippen LogP contribution is 2.36. The molecule has 6 nitrogen and oxygen atoms in total. The molecule has 3 rings (SSSR count). The molecule has 0 radical (unpaired) electrons. The second kappa shape index (κ2) is 7.98. The molecule has 0 fully saturated rings. The van der Waals surface area contributed by atoms with Crippen molar-refractivity contribution in [3.05, 3.63) is 63.7 Å². The Kier molecular flexibility index (Phi) is 5.68. The smallest absolute Gasteiger partial charge is 0.326 e. The van der Waals surface area contributed by atoms with Crippen LogP contribution in [-0.2, 0) is 29.0 Å². The van der Waals surface area contributed by atoms with Gasteiger partial charge >= 0.3 is 5.97 Å². The maximum absolute atomic E-state index is 12.6. The van der Waals surface area contributed by atoms with E-state index in [1.807, 2.05) is 13.0 Å². The molecule has 1 aliphatic rings. The highest BCUT2D eigenvalue weighted by Gasteiger charge is 2.28. The summed E-state index contributed by atoms with van der Waals surface area (Å²) < 4.78 is 5.53. The molecule has 142 valence electrons. The maximum atomic E-state index is 12.6. The third kappa shape index (κ3) is 4.23. The van der Waals surface area contributed by atoms with Gasteiger partial charge in [0.1, 0.15) is 11.8 Å². The van der Waals surface area contributed by atoms with Gasteiger partial charge < -0.3 is 20.3 Å². The predicted molar refractivity (Wildman–Crippen MR) is 100 cm³/mol. The molecule has 0 aromatic heterocycles. The molecule has 0 saturated carbocycles. The van der Waals surface area contributed by atoms with E-state index in [-0.39, 0.29) is 30.4 Å². The van der Waals surface area contributed by atoms with Gasteiger partial charge in [0.25, 0.3) is 5.91 Å². The van der Waals surface area contributed by atoms with Crippen molar-refractivity contribution in [2.24, 2.45) is 0 Å². The number of carboxylic acids is 1. The molecule has 1 aliphatic heterocycles. The van der Waals surface area contributed by atoms with Gasteiger partial charge in [-0.1, -0.05) is 41.9 Å². The fraction of sp³-hybridized carbons (Fsp3) is 0.300. The fourth-order valence-electron chi connectivity index (χ4n) is 3.14. The van der Waals surface area contributed by atoms with Crippen molar-refractivity contribution in [2.75, 3.05) is 0 Å². The molecule has 2 aromatic carbocycles. The topological polar surface area (TPSA) is 95.9 Å². The van der Waals surface area contributed by atoms with Crippen LogP contribution in [0.25, 0.3) is 0 Å². The zero-order valence-electron chi connectivity index (χ0n) is 14.7. The van der Waals surface area contributed by atoms with Crippen molar-refractivity contribution in [3.8, 4) is 5.75 Å². The van der Waals surface area contributed by atoms with E-state index in [0.29, 0.717) is 17.0 Å². The molecule has 0 bridgehead atoms. The van der Waals surface area contributed by atoms with E-state index < -0.39 is 17.9 Å². The normalized spacial score (nSPS) is 17.0. The second-order valence-electron chi connectivity index (χ2n) is 6.59. The number of rotatable bonds is 5. The molecule has 0 aliphatic carbocycles. The Morgan fingerprint density at radius 3 is 2.67 bits per heavy atom. The lowest BCUT2D eigenvalue weighted by molar-refractivity contribution is -0.139. The van der Waals surface area contributed by atoms with E-state index in [1.54, 1.807) is 24.3 Å². The molecule has 27 heavy (non-hydrogen) atoms. The Balaban J connectivity index is 1.84. The molecule has 0 spiro atoms. The number of aromatic hydroxyl groups is 1. The van der Waals surface area contributed by atoms with Crippen LogP contribution in [0.2, 0.25) is 5.02 Å². The predicted octanol–water partition coefficient (Wildman–Crippen LogP) is 2.93. The Morgan fingerprint density at radius 1 is 1.30 bits per heavy atom. The van der Waals surface area contributed by atoms with Gasteiger partial charge in [-0.25, -0.2) is 4.79 Å². The maximum Gasteiger partial charge on any atom is 0.326 e. The van der Waals surface area contributed by atoms with Crippen LogP contribution in [0.5, 0.6) is 5.75 Å². The summed E-state index contributed by atoms with van der Waals surface area (Å²) in [5.74, 6) is -2.07. The first-order valence-corrected chi connectivity index (χ1v) is 8.97. The number of hydrogen-bond acceptors (Lipinski definition) is 4. The number of carbonyl (C=O) groups excluding carboxylic acids is 1. The Labute approximate surface area is 161 Å². The van der Waals surface area contributed by atoms with Gasteiger partial charge in [-0.05, 0) is 24.1 Å². The van der Waals surface area contributed by atoms with Crippen molar-refractivity contribution in [3.63, 3.8) is 0 Å². The van der Waals surface area contributed by atoms with Crippen molar-refractivity contribution >= 4 is 23.5 Å². The molecule has 0 saturated heterocycles. The van der Waals surface area contributed by atoms with E-state index in [2.05, 4.69) is 5.32 Å². The van der Waals surface area contributed by atoms with Crippen LogP contribution >= 0.6 is 11.6 Å². The van der Waals surface area contributed by atoms with Gasteiger partial charge in [0.2, 0.25) is 0 Å². The molecular weight excluding hydrogens is 370 g/mol. The van der Waals surface area contributed by atoms with Crippen molar-refractivity contribution in [1.29, 1.82) is 0 Å². The van der Waals surface area contributed by atoms with Gasteiger partial charge in [0, 0.05) is 23.4 Å². The summed E-state index contributed by atoms with van der Waals surface area (Å²) in [6.45, 7) is 2.05. The van der Waals surface area contributed by atoms with E-state index in [4.69, 9.17) is 16.3 Å². The summed E-state index contributed by atoms with van der Waals surface area (Å²) >= 11 is 6.29. The quantitative estimate of drug-likeness (QED) is 0.730. The average Bonchev–Trinajstić information content (AvgIpc) is 2.64. The minimum absolute atomic E-state index is 0.0312. The summed E-state index contributed by atoms with van der Waals surface area (Å²) in [4.78, 5) is 24.2. The first-order valence-electron chi connectivity index (χ1n) is 8.59. The van der Waals surface area contributed by atoms with Crippen LogP contribution in [-0.4, -0.2) is 34.2 Å². The van der Waals surface area contributed by atoms with Crippen LogP contribution in [0.4, 0.5) is 0 Å². The number of carbonyl (C=O) groups is 2. The average molecular weight is 390 g/mol. The lowest BCUT2D eigenvalue weighted by Crippen LogP contribution is -2.42. The van der Waals surface area contributed by atoms with Crippen LogP contribution in [0.3, 0.4) is 0 Å². The third-order valence-corrected chi connectivity index (χ3v) is 4.94. The van der Waals surface area contributed by atoms with Crippen molar-refractivity contribution in [2.45, 2.75) is 38.5 Å². The fourth-order valence-corrected chi connectivity index (χ4v) is 3.44. The lowest BCUT2D eigenvalue weighted by atomic mass is 9.95. The van der Waals surface area contributed by atoms with Crippen LogP contribution < -0.4 is 5.32 Å². The zero-order chi connectivity index (χ0) is 19.6. The first-order chi connectivity index (χ1) is 12.9. The van der Waals surface area contributed by atoms with E-state index >= 15 is 0 Å². The van der Waals surface area contributed by atoms with E-state index in [1.165, 1.54) is 6.07 Å². The lowest BCUT2D eigenvalue weighted by Gasteiger charge is -2.25. The summed E-state index contributed by atoms with van der Waals surface area (Å²) in [5.41, 5.74) is 1.95. The Bertz CT molecular complexity index is 868. The number of ether oxygens (including phenoxy) is 1.